The van der Waals surface area contributed by atoms with Gasteiger partial charge in [0.25, 0.3) is 10.0 Å². The Labute approximate surface area is 173 Å². The minimum Gasteiger partial charge on any atom is -0.495 e. The zero-order valence-corrected chi connectivity index (χ0v) is 17.7. The monoisotopic (exact) mass is 464 g/mol. The number of rotatable bonds is 6. The Morgan fingerprint density at radius 2 is 1.79 bits per heavy atom. The van der Waals surface area contributed by atoms with E-state index in [2.05, 4.69) is 4.72 Å². The molecule has 0 amide bonds. The molecule has 0 aliphatic carbocycles. The van der Waals surface area contributed by atoms with Gasteiger partial charge in [0.1, 0.15) is 16.5 Å². The van der Waals surface area contributed by atoms with Crippen LogP contribution < -0.4 is 9.46 Å². The lowest BCUT2D eigenvalue weighted by atomic mass is 10.3. The van der Waals surface area contributed by atoms with Crippen molar-refractivity contribution in [2.45, 2.75) is 9.79 Å². The highest BCUT2D eigenvalue weighted by atomic mass is 35.5. The van der Waals surface area contributed by atoms with Crippen molar-refractivity contribution in [1.29, 1.82) is 0 Å². The van der Waals surface area contributed by atoms with Gasteiger partial charge in [-0.3, -0.25) is 4.72 Å². The van der Waals surface area contributed by atoms with E-state index < -0.39 is 25.9 Å². The van der Waals surface area contributed by atoms with E-state index in [9.17, 15) is 21.2 Å². The van der Waals surface area contributed by atoms with E-state index in [4.69, 9.17) is 21.1 Å². The SMILES string of the molecule is COc1ccc(NS(=O)(=O)c2ccc(F)c(Cl)c2)cc1S(=O)(=O)N1CCOCC1. The molecule has 0 atom stereocenters. The number of nitrogens with one attached hydrogen (secondary N) is 1. The number of anilines is 1. The third-order valence-electron chi connectivity index (χ3n) is 4.21. The second-order valence-electron chi connectivity index (χ2n) is 6.06. The van der Waals surface area contributed by atoms with Crippen molar-refractivity contribution in [2.24, 2.45) is 0 Å². The molecule has 158 valence electrons. The Morgan fingerprint density at radius 1 is 1.10 bits per heavy atom. The number of nitrogens with zero attached hydrogens (tertiary/aromatic N) is 1. The molecule has 0 radical (unpaired) electrons. The number of sulfonamides is 2. The van der Waals surface area contributed by atoms with Crippen molar-refractivity contribution >= 4 is 37.3 Å². The highest BCUT2D eigenvalue weighted by molar-refractivity contribution is 7.92. The first kappa shape index (κ1) is 21.8. The maximum absolute atomic E-state index is 13.3. The summed E-state index contributed by atoms with van der Waals surface area (Å²) in [5, 5.41) is -0.349. The summed E-state index contributed by atoms with van der Waals surface area (Å²) in [6.45, 7) is 0.878. The zero-order chi connectivity index (χ0) is 21.2. The molecule has 3 rings (SSSR count). The van der Waals surface area contributed by atoms with Crippen LogP contribution in [0.1, 0.15) is 0 Å². The average Bonchev–Trinajstić information content (AvgIpc) is 2.70. The maximum Gasteiger partial charge on any atom is 0.261 e. The Bertz CT molecular complexity index is 1120. The topological polar surface area (TPSA) is 102 Å². The lowest BCUT2D eigenvalue weighted by Crippen LogP contribution is -2.40. The summed E-state index contributed by atoms with van der Waals surface area (Å²) in [6.07, 6.45) is 0. The maximum atomic E-state index is 13.3. The highest BCUT2D eigenvalue weighted by Gasteiger charge is 2.30. The normalized spacial score (nSPS) is 15.8. The van der Waals surface area contributed by atoms with Crippen LogP contribution in [0.25, 0.3) is 0 Å². The molecule has 1 saturated heterocycles. The Kier molecular flexibility index (Phi) is 6.34. The molecule has 29 heavy (non-hydrogen) atoms. The summed E-state index contributed by atoms with van der Waals surface area (Å²) in [4.78, 5) is -0.448. The van der Waals surface area contributed by atoms with E-state index in [1.165, 1.54) is 29.6 Å². The lowest BCUT2D eigenvalue weighted by Gasteiger charge is -2.26. The van der Waals surface area contributed by atoms with Crippen LogP contribution in [-0.4, -0.2) is 54.6 Å². The van der Waals surface area contributed by atoms with E-state index in [1.54, 1.807) is 0 Å². The van der Waals surface area contributed by atoms with Gasteiger partial charge in [0.2, 0.25) is 10.0 Å². The average molecular weight is 465 g/mol. The summed E-state index contributed by atoms with van der Waals surface area (Å²) in [7, 11) is -6.75. The number of hydrogen-bond donors (Lipinski definition) is 1. The number of halogens is 2. The summed E-state index contributed by atoms with van der Waals surface area (Å²) in [5.74, 6) is -0.682. The van der Waals surface area contributed by atoms with E-state index in [0.717, 1.165) is 18.2 Å². The lowest BCUT2D eigenvalue weighted by molar-refractivity contribution is 0.0729. The molecule has 0 aromatic heterocycles. The van der Waals surface area contributed by atoms with Gasteiger partial charge in [0.05, 0.1) is 35.9 Å². The van der Waals surface area contributed by atoms with Crippen LogP contribution >= 0.6 is 11.6 Å². The zero-order valence-electron chi connectivity index (χ0n) is 15.3. The Hall–Kier alpha value is -1.92. The fraction of sp³-hybridized carbons (Fsp3) is 0.294. The van der Waals surface area contributed by atoms with Crippen LogP contribution in [0.2, 0.25) is 5.02 Å². The Morgan fingerprint density at radius 3 is 2.41 bits per heavy atom. The smallest absolute Gasteiger partial charge is 0.261 e. The fourth-order valence-corrected chi connectivity index (χ4v) is 5.64. The molecule has 8 nitrogen and oxygen atoms in total. The van der Waals surface area contributed by atoms with Crippen molar-refractivity contribution in [3.05, 3.63) is 47.2 Å². The summed E-state index contributed by atoms with van der Waals surface area (Å²) < 4.78 is 78.3. The van der Waals surface area contributed by atoms with Gasteiger partial charge in [-0.25, -0.2) is 21.2 Å². The number of methoxy groups -OCH3 is 1. The second kappa shape index (κ2) is 8.44. The minimum atomic E-state index is -4.13. The van der Waals surface area contributed by atoms with Gasteiger partial charge >= 0.3 is 0 Å². The number of morpholine rings is 1. The molecule has 0 spiro atoms. The van der Waals surface area contributed by atoms with Gasteiger partial charge in [-0.05, 0) is 36.4 Å². The summed E-state index contributed by atoms with van der Waals surface area (Å²) >= 11 is 5.65. The standard InChI is InChI=1S/C17H18ClFN2O6S2/c1-26-16-5-2-12(10-17(16)29(24,25)21-6-8-27-9-7-21)20-28(22,23)13-3-4-15(19)14(18)11-13/h2-5,10-11,20H,6-9H2,1H3. The van der Waals surface area contributed by atoms with Gasteiger partial charge in [-0.1, -0.05) is 11.6 Å². The van der Waals surface area contributed by atoms with Gasteiger partial charge in [0.15, 0.2) is 0 Å². The van der Waals surface area contributed by atoms with Crippen molar-refractivity contribution < 1.29 is 30.7 Å². The number of benzene rings is 2. The van der Waals surface area contributed by atoms with E-state index in [1.807, 2.05) is 0 Å². The van der Waals surface area contributed by atoms with Crippen LogP contribution in [0, 0.1) is 5.82 Å². The first-order valence-corrected chi connectivity index (χ1v) is 11.7. The second-order valence-corrected chi connectivity index (χ2v) is 10.1. The van der Waals surface area contributed by atoms with E-state index in [-0.39, 0.29) is 52.6 Å². The molecular formula is C17H18ClFN2O6S2. The third-order valence-corrected chi connectivity index (χ3v) is 7.79. The predicted octanol–water partition coefficient (Wildman–Crippen LogP) is 2.31. The molecule has 0 saturated carbocycles. The van der Waals surface area contributed by atoms with Crippen molar-refractivity contribution in [1.82, 2.24) is 4.31 Å². The third kappa shape index (κ3) is 4.64. The molecule has 1 fully saturated rings. The van der Waals surface area contributed by atoms with Gasteiger partial charge in [-0.15, -0.1) is 0 Å². The van der Waals surface area contributed by atoms with Crippen LogP contribution in [0.15, 0.2) is 46.2 Å². The number of hydrogen-bond acceptors (Lipinski definition) is 6. The largest absolute Gasteiger partial charge is 0.495 e. The summed E-state index contributed by atoms with van der Waals surface area (Å²) in [6, 6.07) is 6.83. The number of ether oxygens (including phenoxy) is 2. The molecule has 1 N–H and O–H groups in total. The molecule has 0 bridgehead atoms. The van der Waals surface area contributed by atoms with Crippen molar-refractivity contribution in [2.75, 3.05) is 38.1 Å². The van der Waals surface area contributed by atoms with Crippen molar-refractivity contribution in [3.8, 4) is 5.75 Å². The predicted molar refractivity (Wildman–Crippen MR) is 105 cm³/mol. The summed E-state index contributed by atoms with van der Waals surface area (Å²) in [5.41, 5.74) is -0.00178. The molecule has 1 aliphatic rings. The van der Waals surface area contributed by atoms with Gasteiger partial charge < -0.3 is 9.47 Å². The first-order chi connectivity index (χ1) is 13.6. The van der Waals surface area contributed by atoms with Crippen LogP contribution in [0.4, 0.5) is 10.1 Å². The fourth-order valence-electron chi connectivity index (χ4n) is 2.73. The molecule has 12 heteroatoms. The van der Waals surface area contributed by atoms with E-state index >= 15 is 0 Å². The Balaban J connectivity index is 1.97. The van der Waals surface area contributed by atoms with Gasteiger partial charge in [0, 0.05) is 13.1 Å². The van der Waals surface area contributed by atoms with Crippen molar-refractivity contribution in [3.63, 3.8) is 0 Å². The van der Waals surface area contributed by atoms with Gasteiger partial charge in [-0.2, -0.15) is 4.31 Å². The van der Waals surface area contributed by atoms with E-state index in [0.29, 0.717) is 0 Å². The highest BCUT2D eigenvalue weighted by Crippen LogP contribution is 2.31. The first-order valence-electron chi connectivity index (χ1n) is 8.39. The van der Waals surface area contributed by atoms with Crippen LogP contribution in [0.3, 0.4) is 0 Å². The molecular weight excluding hydrogens is 447 g/mol. The molecule has 1 heterocycles. The van der Waals surface area contributed by atoms with Crippen LogP contribution in [0.5, 0.6) is 5.75 Å². The molecule has 2 aromatic carbocycles. The molecule has 2 aromatic rings. The molecule has 1 aliphatic heterocycles. The minimum absolute atomic E-state index is 0.00178. The molecule has 0 unspecified atom stereocenters. The quantitative estimate of drug-likeness (QED) is 0.703. The van der Waals surface area contributed by atoms with Crippen LogP contribution in [-0.2, 0) is 24.8 Å².